The van der Waals surface area contributed by atoms with Crippen molar-refractivity contribution in [1.82, 2.24) is 15.5 Å². The lowest BCUT2D eigenvalue weighted by Crippen LogP contribution is -2.58. The fraction of sp³-hybridized carbons (Fsp3) is 0.640. The molecule has 0 aliphatic carbocycles. The van der Waals surface area contributed by atoms with E-state index in [9.17, 15) is 19.5 Å². The van der Waals surface area contributed by atoms with Crippen molar-refractivity contribution in [2.24, 2.45) is 17.8 Å². The summed E-state index contributed by atoms with van der Waals surface area (Å²) in [6.07, 6.45) is 2.64. The molecule has 1 aromatic rings. The summed E-state index contributed by atoms with van der Waals surface area (Å²) >= 11 is 1.66. The molecule has 7 nitrogen and oxygen atoms in total. The Labute approximate surface area is 200 Å². The standard InChI is InChI=1S/C25H35N3O4S/c1-4-5-11-26-23(31)21-25-15(2)12-18(33-25)19(20(25)24(32)28(21)16(3)14-29)22(30)27-13-17-9-7-6-8-10-17/h6-10,15-16,18-21,29H,4-5,11-14H2,1-3H3,(H,26,31)(H,27,30)/t15?,16-,18-,19+,20+,21?,25?/m1/s1. The average molecular weight is 474 g/mol. The van der Waals surface area contributed by atoms with Crippen LogP contribution in [-0.2, 0) is 20.9 Å². The second kappa shape index (κ2) is 9.66. The summed E-state index contributed by atoms with van der Waals surface area (Å²) < 4.78 is -0.643. The van der Waals surface area contributed by atoms with E-state index in [0.717, 1.165) is 24.8 Å². The lowest BCUT2D eigenvalue weighted by Gasteiger charge is -2.39. The molecule has 4 rings (SSSR count). The molecule has 33 heavy (non-hydrogen) atoms. The third-order valence-electron chi connectivity index (χ3n) is 7.61. The number of rotatable bonds is 9. The summed E-state index contributed by atoms with van der Waals surface area (Å²) in [4.78, 5) is 42.2. The Balaban J connectivity index is 1.63. The summed E-state index contributed by atoms with van der Waals surface area (Å²) in [6, 6.07) is 8.56. The number of fused-ring (bicyclic) bond motifs is 1. The predicted octanol–water partition coefficient (Wildman–Crippen LogP) is 1.94. The van der Waals surface area contributed by atoms with Gasteiger partial charge < -0.3 is 20.6 Å². The minimum atomic E-state index is -0.675. The average Bonchev–Trinajstić information content (AvgIpc) is 3.41. The van der Waals surface area contributed by atoms with Crippen molar-refractivity contribution in [3.63, 3.8) is 0 Å². The Morgan fingerprint density at radius 1 is 1.24 bits per heavy atom. The number of hydrogen-bond acceptors (Lipinski definition) is 5. The van der Waals surface area contributed by atoms with E-state index in [1.807, 2.05) is 30.3 Å². The summed E-state index contributed by atoms with van der Waals surface area (Å²) in [5.41, 5.74) is 1.01. The summed E-state index contributed by atoms with van der Waals surface area (Å²) in [7, 11) is 0. The number of aliphatic hydroxyl groups excluding tert-OH is 1. The molecule has 7 atom stereocenters. The first-order chi connectivity index (χ1) is 15.9. The van der Waals surface area contributed by atoms with Gasteiger partial charge in [0.1, 0.15) is 6.04 Å². The van der Waals surface area contributed by atoms with E-state index in [1.165, 1.54) is 0 Å². The maximum Gasteiger partial charge on any atom is 0.244 e. The van der Waals surface area contributed by atoms with Crippen LogP contribution in [0.1, 0.15) is 45.6 Å². The lowest BCUT2D eigenvalue weighted by atomic mass is 9.66. The number of nitrogens with one attached hydrogen (secondary N) is 2. The number of thioether (sulfide) groups is 1. The first kappa shape index (κ1) is 24.1. The van der Waals surface area contributed by atoms with Crippen LogP contribution in [0.25, 0.3) is 0 Å². The van der Waals surface area contributed by atoms with E-state index in [1.54, 1.807) is 23.6 Å². The van der Waals surface area contributed by atoms with Gasteiger partial charge in [0.2, 0.25) is 17.7 Å². The zero-order chi connectivity index (χ0) is 23.8. The monoisotopic (exact) mass is 473 g/mol. The number of unbranched alkanes of at least 4 members (excludes halogenated alkanes) is 1. The SMILES string of the molecule is CCCCNC(=O)C1N([C@H](C)CO)C(=O)[C@@H]2[C@@H](C(=O)NCc3ccccc3)[C@H]3CC(C)C12S3. The van der Waals surface area contributed by atoms with Gasteiger partial charge in [-0.25, -0.2) is 0 Å². The van der Waals surface area contributed by atoms with E-state index < -0.39 is 28.7 Å². The highest BCUT2D eigenvalue weighted by atomic mass is 32.2. The zero-order valence-electron chi connectivity index (χ0n) is 19.6. The maximum absolute atomic E-state index is 13.8. The van der Waals surface area contributed by atoms with Crippen LogP contribution in [-0.4, -0.2) is 63.0 Å². The second-order valence-electron chi connectivity index (χ2n) is 9.68. The molecule has 3 aliphatic heterocycles. The Morgan fingerprint density at radius 3 is 2.64 bits per heavy atom. The maximum atomic E-state index is 13.8. The topological polar surface area (TPSA) is 98.7 Å². The van der Waals surface area contributed by atoms with E-state index in [-0.39, 0.29) is 35.5 Å². The van der Waals surface area contributed by atoms with E-state index in [4.69, 9.17) is 0 Å². The molecular formula is C25H35N3O4S. The molecule has 0 aromatic heterocycles. The van der Waals surface area contributed by atoms with Crippen molar-refractivity contribution in [1.29, 1.82) is 0 Å². The molecule has 3 aliphatic rings. The van der Waals surface area contributed by atoms with Crippen LogP contribution in [0.15, 0.2) is 30.3 Å². The molecule has 8 heteroatoms. The van der Waals surface area contributed by atoms with Gasteiger partial charge in [0.15, 0.2) is 0 Å². The zero-order valence-corrected chi connectivity index (χ0v) is 20.4. The van der Waals surface area contributed by atoms with Gasteiger partial charge in [-0.1, -0.05) is 50.6 Å². The van der Waals surface area contributed by atoms with Crippen LogP contribution < -0.4 is 10.6 Å². The minimum absolute atomic E-state index is 0.0160. The van der Waals surface area contributed by atoms with Crippen LogP contribution in [0, 0.1) is 17.8 Å². The third-order valence-corrected chi connectivity index (χ3v) is 9.69. The van der Waals surface area contributed by atoms with Crippen LogP contribution in [0.3, 0.4) is 0 Å². The fourth-order valence-corrected chi connectivity index (χ4v) is 8.42. The van der Waals surface area contributed by atoms with Crippen LogP contribution in [0.5, 0.6) is 0 Å². The molecule has 0 saturated carbocycles. The lowest BCUT2D eigenvalue weighted by molar-refractivity contribution is -0.142. The number of carbonyl (C=O) groups excluding carboxylic acids is 3. The summed E-state index contributed by atoms with van der Waals surface area (Å²) in [6.45, 7) is 6.69. The molecule has 3 saturated heterocycles. The Bertz CT molecular complexity index is 897. The number of benzene rings is 1. The Morgan fingerprint density at radius 2 is 1.97 bits per heavy atom. The van der Waals surface area contributed by atoms with Crippen molar-refractivity contribution < 1.29 is 19.5 Å². The number of amides is 3. The molecule has 1 spiro atoms. The second-order valence-corrected chi connectivity index (χ2v) is 11.2. The number of nitrogens with zero attached hydrogens (tertiary/aromatic N) is 1. The van der Waals surface area contributed by atoms with Gasteiger partial charge in [-0.15, -0.1) is 11.8 Å². The van der Waals surface area contributed by atoms with E-state index in [2.05, 4.69) is 24.5 Å². The summed E-state index contributed by atoms with van der Waals surface area (Å²) in [5, 5.41) is 16.0. The number of aliphatic hydroxyl groups is 1. The first-order valence-corrected chi connectivity index (χ1v) is 12.9. The smallest absolute Gasteiger partial charge is 0.244 e. The molecule has 3 heterocycles. The van der Waals surface area contributed by atoms with E-state index in [0.29, 0.717) is 13.1 Å². The van der Waals surface area contributed by atoms with Crippen LogP contribution in [0.2, 0.25) is 0 Å². The molecule has 3 fully saturated rings. The van der Waals surface area contributed by atoms with Crippen molar-refractivity contribution in [3.05, 3.63) is 35.9 Å². The van der Waals surface area contributed by atoms with Gasteiger partial charge in [-0.05, 0) is 31.2 Å². The molecular weight excluding hydrogens is 438 g/mol. The highest BCUT2D eigenvalue weighted by molar-refractivity contribution is 8.02. The predicted molar refractivity (Wildman–Crippen MR) is 128 cm³/mol. The third kappa shape index (κ3) is 3.95. The molecule has 2 bridgehead atoms. The van der Waals surface area contributed by atoms with Crippen molar-refractivity contribution >= 4 is 29.5 Å². The van der Waals surface area contributed by atoms with Crippen LogP contribution in [0.4, 0.5) is 0 Å². The van der Waals surface area contributed by atoms with Gasteiger partial charge in [0, 0.05) is 18.3 Å². The van der Waals surface area contributed by atoms with Crippen LogP contribution >= 0.6 is 11.8 Å². The van der Waals surface area contributed by atoms with E-state index >= 15 is 0 Å². The van der Waals surface area contributed by atoms with Crippen molar-refractivity contribution in [2.45, 2.75) is 68.7 Å². The fourth-order valence-electron chi connectivity index (χ4n) is 6.01. The number of likely N-dealkylation sites (tertiary alicyclic amines) is 1. The normalized spacial score (nSPS) is 33.2. The number of hydrogen-bond donors (Lipinski definition) is 3. The number of carbonyl (C=O) groups is 3. The van der Waals surface area contributed by atoms with Crippen molar-refractivity contribution in [3.8, 4) is 0 Å². The van der Waals surface area contributed by atoms with Crippen molar-refractivity contribution in [2.75, 3.05) is 13.2 Å². The van der Waals surface area contributed by atoms with Gasteiger partial charge in [-0.3, -0.25) is 14.4 Å². The first-order valence-electron chi connectivity index (χ1n) is 12.1. The highest BCUT2D eigenvalue weighted by Crippen LogP contribution is 2.68. The molecule has 3 unspecified atom stereocenters. The van der Waals surface area contributed by atoms with Gasteiger partial charge in [-0.2, -0.15) is 0 Å². The largest absolute Gasteiger partial charge is 0.394 e. The highest BCUT2D eigenvalue weighted by Gasteiger charge is 2.76. The minimum Gasteiger partial charge on any atom is -0.394 e. The van der Waals surface area contributed by atoms with Gasteiger partial charge in [0.25, 0.3) is 0 Å². The quantitative estimate of drug-likeness (QED) is 0.476. The van der Waals surface area contributed by atoms with Gasteiger partial charge >= 0.3 is 0 Å². The van der Waals surface area contributed by atoms with Gasteiger partial charge in [0.05, 0.1) is 29.2 Å². The molecule has 180 valence electrons. The Kier molecular flexibility index (Phi) is 7.05. The summed E-state index contributed by atoms with van der Waals surface area (Å²) in [5.74, 6) is -1.35. The molecule has 3 amide bonds. The molecule has 0 radical (unpaired) electrons. The molecule has 1 aromatic carbocycles. The molecule has 3 N–H and O–H groups in total. The Hall–Kier alpha value is -2.06.